The average molecular weight is 268 g/mol. The molecule has 1 atom stereocenters. The van der Waals surface area contributed by atoms with E-state index in [1.807, 2.05) is 19.1 Å². The van der Waals surface area contributed by atoms with Gasteiger partial charge in [-0.25, -0.2) is 8.78 Å². The van der Waals surface area contributed by atoms with E-state index < -0.39 is 12.0 Å². The number of halogens is 2. The normalized spacial score (nSPS) is 21.3. The summed E-state index contributed by atoms with van der Waals surface area (Å²) in [6.45, 7) is 4.10. The van der Waals surface area contributed by atoms with Gasteiger partial charge in [-0.3, -0.25) is 0 Å². The van der Waals surface area contributed by atoms with E-state index in [4.69, 9.17) is 0 Å². The number of hydrogen-bond donors (Lipinski definition) is 1. The highest BCUT2D eigenvalue weighted by atomic mass is 19.3. The zero-order valence-corrected chi connectivity index (χ0v) is 11.6. The first-order valence-corrected chi connectivity index (χ1v) is 6.99. The molecule has 2 rings (SSSR count). The summed E-state index contributed by atoms with van der Waals surface area (Å²) in [5.74, 6) is -2.50. The quantitative estimate of drug-likeness (QED) is 0.877. The summed E-state index contributed by atoms with van der Waals surface area (Å²) in [6, 6.07) is 6.14. The molecule has 0 aromatic heterocycles. The molecule has 1 nitrogen and oxygen atoms in total. The summed E-state index contributed by atoms with van der Waals surface area (Å²) in [4.78, 5) is 0. The molecule has 1 fully saturated rings. The molecule has 19 heavy (non-hydrogen) atoms. The zero-order chi connectivity index (χ0) is 14.0. The Morgan fingerprint density at radius 3 is 2.42 bits per heavy atom. The third-order valence-electron chi connectivity index (χ3n) is 4.32. The molecule has 1 saturated carbocycles. The van der Waals surface area contributed by atoms with Crippen LogP contribution in [0.5, 0.6) is 0 Å². The fourth-order valence-corrected chi connectivity index (χ4v) is 2.79. The monoisotopic (exact) mass is 268 g/mol. The fourth-order valence-electron chi connectivity index (χ4n) is 2.79. The van der Waals surface area contributed by atoms with Crippen LogP contribution in [0.25, 0.3) is 0 Å². The van der Waals surface area contributed by atoms with E-state index in [1.54, 1.807) is 0 Å². The van der Waals surface area contributed by atoms with Gasteiger partial charge in [-0.05, 0) is 55.7 Å². The highest BCUT2D eigenvalue weighted by Crippen LogP contribution is 2.38. The Bertz CT molecular complexity index is 432. The molecule has 0 bridgehead atoms. The minimum Gasteiger partial charge on any atom is -0.392 e. The molecule has 0 heterocycles. The van der Waals surface area contributed by atoms with Crippen molar-refractivity contribution in [3.63, 3.8) is 0 Å². The molecule has 0 spiro atoms. The maximum atomic E-state index is 13.1. The maximum absolute atomic E-state index is 13.1. The standard InChI is InChI=1S/C16H22F2O/c1-11-3-4-13(9-12(11)2)10-15(19)14-5-7-16(17,18)8-6-14/h3-4,9,14-15,19H,5-8,10H2,1-2H3. The van der Waals surface area contributed by atoms with E-state index in [-0.39, 0.29) is 18.8 Å². The van der Waals surface area contributed by atoms with Gasteiger partial charge in [-0.1, -0.05) is 18.2 Å². The minimum atomic E-state index is -2.52. The SMILES string of the molecule is Cc1ccc(CC(O)C2CCC(F)(F)CC2)cc1C. The van der Waals surface area contributed by atoms with Crippen molar-refractivity contribution in [2.45, 2.75) is 58.0 Å². The number of aryl methyl sites for hydroxylation is 2. The van der Waals surface area contributed by atoms with Gasteiger partial charge >= 0.3 is 0 Å². The van der Waals surface area contributed by atoms with Crippen LogP contribution in [0.2, 0.25) is 0 Å². The lowest BCUT2D eigenvalue weighted by molar-refractivity contribution is -0.0619. The van der Waals surface area contributed by atoms with Crippen LogP contribution < -0.4 is 0 Å². The summed E-state index contributed by atoms with van der Waals surface area (Å²) < 4.78 is 26.2. The van der Waals surface area contributed by atoms with Crippen molar-refractivity contribution >= 4 is 0 Å². The first-order chi connectivity index (χ1) is 8.87. The van der Waals surface area contributed by atoms with Gasteiger partial charge in [0.2, 0.25) is 5.92 Å². The minimum absolute atomic E-state index is 0.0150. The van der Waals surface area contributed by atoms with Crippen LogP contribution in [0.4, 0.5) is 8.78 Å². The number of aliphatic hydroxyl groups is 1. The van der Waals surface area contributed by atoms with Crippen molar-refractivity contribution < 1.29 is 13.9 Å². The first kappa shape index (κ1) is 14.4. The third-order valence-corrected chi connectivity index (χ3v) is 4.32. The molecule has 106 valence electrons. The van der Waals surface area contributed by atoms with Crippen LogP contribution in [-0.2, 0) is 6.42 Å². The second kappa shape index (κ2) is 5.58. The molecule has 1 aromatic carbocycles. The molecular formula is C16H22F2O. The maximum Gasteiger partial charge on any atom is 0.248 e. The van der Waals surface area contributed by atoms with Crippen molar-refractivity contribution in [2.75, 3.05) is 0 Å². The second-order valence-electron chi connectivity index (χ2n) is 5.88. The highest BCUT2D eigenvalue weighted by molar-refractivity contribution is 5.30. The smallest absolute Gasteiger partial charge is 0.248 e. The van der Waals surface area contributed by atoms with Gasteiger partial charge in [-0.15, -0.1) is 0 Å². The van der Waals surface area contributed by atoms with Crippen molar-refractivity contribution in [1.82, 2.24) is 0 Å². The van der Waals surface area contributed by atoms with Gasteiger partial charge in [0.15, 0.2) is 0 Å². The van der Waals surface area contributed by atoms with Crippen molar-refractivity contribution in [3.05, 3.63) is 34.9 Å². The molecule has 0 aliphatic heterocycles. The predicted octanol–water partition coefficient (Wildman–Crippen LogP) is 4.03. The molecule has 0 radical (unpaired) electrons. The van der Waals surface area contributed by atoms with Gasteiger partial charge in [-0.2, -0.15) is 0 Å². The van der Waals surface area contributed by atoms with Crippen LogP contribution in [0.1, 0.15) is 42.4 Å². The van der Waals surface area contributed by atoms with E-state index in [1.165, 1.54) is 11.1 Å². The van der Waals surface area contributed by atoms with Gasteiger partial charge in [0.25, 0.3) is 0 Å². The lowest BCUT2D eigenvalue weighted by atomic mass is 9.81. The van der Waals surface area contributed by atoms with Crippen LogP contribution in [-0.4, -0.2) is 17.1 Å². The lowest BCUT2D eigenvalue weighted by Gasteiger charge is -2.31. The highest BCUT2D eigenvalue weighted by Gasteiger charge is 2.37. The molecule has 1 N–H and O–H groups in total. The van der Waals surface area contributed by atoms with E-state index in [0.29, 0.717) is 19.3 Å². The van der Waals surface area contributed by atoms with Gasteiger partial charge < -0.3 is 5.11 Å². The van der Waals surface area contributed by atoms with E-state index in [2.05, 4.69) is 13.0 Å². The van der Waals surface area contributed by atoms with Gasteiger partial charge in [0.05, 0.1) is 6.10 Å². The van der Waals surface area contributed by atoms with Crippen LogP contribution >= 0.6 is 0 Å². The summed E-state index contributed by atoms with van der Waals surface area (Å²) in [5.41, 5.74) is 3.53. The largest absolute Gasteiger partial charge is 0.392 e. The van der Waals surface area contributed by atoms with Crippen molar-refractivity contribution in [1.29, 1.82) is 0 Å². The predicted molar refractivity (Wildman–Crippen MR) is 72.5 cm³/mol. The number of rotatable bonds is 3. The van der Waals surface area contributed by atoms with E-state index in [9.17, 15) is 13.9 Å². The van der Waals surface area contributed by atoms with Crippen LogP contribution in [0.15, 0.2) is 18.2 Å². The fraction of sp³-hybridized carbons (Fsp3) is 0.625. The summed E-state index contributed by atoms with van der Waals surface area (Å²) in [6.07, 6.45) is 0.761. The number of alkyl halides is 2. The Morgan fingerprint density at radius 1 is 1.21 bits per heavy atom. The Kier molecular flexibility index (Phi) is 4.24. The zero-order valence-electron chi connectivity index (χ0n) is 11.6. The molecule has 1 aromatic rings. The van der Waals surface area contributed by atoms with Crippen LogP contribution in [0.3, 0.4) is 0 Å². The number of benzene rings is 1. The third kappa shape index (κ3) is 3.75. The summed E-state index contributed by atoms with van der Waals surface area (Å²) >= 11 is 0. The molecule has 1 unspecified atom stereocenters. The number of hydrogen-bond acceptors (Lipinski definition) is 1. The Balaban J connectivity index is 1.94. The molecule has 0 saturated heterocycles. The Hall–Kier alpha value is -0.960. The van der Waals surface area contributed by atoms with Crippen molar-refractivity contribution in [2.24, 2.45) is 5.92 Å². The summed E-state index contributed by atoms with van der Waals surface area (Å²) in [7, 11) is 0. The number of aliphatic hydroxyl groups excluding tert-OH is 1. The van der Waals surface area contributed by atoms with Gasteiger partial charge in [0.1, 0.15) is 0 Å². The molecule has 1 aliphatic carbocycles. The summed E-state index contributed by atoms with van der Waals surface area (Å²) in [5, 5.41) is 10.2. The topological polar surface area (TPSA) is 20.2 Å². The van der Waals surface area contributed by atoms with E-state index >= 15 is 0 Å². The van der Waals surface area contributed by atoms with Gasteiger partial charge in [0, 0.05) is 12.8 Å². The molecule has 3 heteroatoms. The Morgan fingerprint density at radius 2 is 1.84 bits per heavy atom. The average Bonchev–Trinajstić information content (AvgIpc) is 2.33. The Labute approximate surface area is 113 Å². The van der Waals surface area contributed by atoms with E-state index in [0.717, 1.165) is 5.56 Å². The van der Waals surface area contributed by atoms with Crippen LogP contribution in [0, 0.1) is 19.8 Å². The molecule has 0 amide bonds. The first-order valence-electron chi connectivity index (χ1n) is 6.99. The molecule has 1 aliphatic rings. The van der Waals surface area contributed by atoms with Crippen molar-refractivity contribution in [3.8, 4) is 0 Å². The second-order valence-corrected chi connectivity index (χ2v) is 5.88. The lowest BCUT2D eigenvalue weighted by Crippen LogP contribution is -2.32. The molecular weight excluding hydrogens is 246 g/mol.